The van der Waals surface area contributed by atoms with E-state index in [1.165, 1.54) is 15.6 Å². The van der Waals surface area contributed by atoms with Crippen LogP contribution in [0.2, 0.25) is 0 Å². The molecule has 3 aromatic rings. The van der Waals surface area contributed by atoms with Gasteiger partial charge < -0.3 is 5.32 Å². The Morgan fingerprint density at radius 2 is 1.72 bits per heavy atom. The molecule has 2 heterocycles. The van der Waals surface area contributed by atoms with Crippen LogP contribution < -0.4 is 5.32 Å². The van der Waals surface area contributed by atoms with Crippen LogP contribution in [0.25, 0.3) is 10.6 Å². The maximum Gasteiger partial charge on any atom is 0.243 e. The molecule has 0 spiro atoms. The average Bonchev–Trinajstić information content (AvgIpc) is 3.23. The number of benzene rings is 2. The van der Waals surface area contributed by atoms with Crippen LogP contribution >= 0.6 is 11.3 Å². The molecule has 1 N–H and O–H groups in total. The second-order valence-corrected chi connectivity index (χ2v) is 9.70. The van der Waals surface area contributed by atoms with Gasteiger partial charge in [0.25, 0.3) is 0 Å². The molecule has 1 aliphatic rings. The predicted octanol–water partition coefficient (Wildman–Crippen LogP) is 3.24. The third-order valence-corrected chi connectivity index (χ3v) is 7.58. The Balaban J connectivity index is 1.44. The van der Waals surface area contributed by atoms with E-state index in [0.717, 1.165) is 10.6 Å². The number of anilines is 1. The molecule has 1 atom stereocenters. The van der Waals surface area contributed by atoms with Crippen molar-refractivity contribution in [2.24, 2.45) is 5.92 Å². The minimum Gasteiger partial charge on any atom is -0.300 e. The van der Waals surface area contributed by atoms with E-state index in [9.17, 15) is 13.2 Å². The molecule has 0 radical (unpaired) electrons. The summed E-state index contributed by atoms with van der Waals surface area (Å²) < 4.78 is 27.1. The zero-order valence-corrected chi connectivity index (χ0v) is 17.2. The van der Waals surface area contributed by atoms with Gasteiger partial charge in [-0.2, -0.15) is 4.31 Å². The summed E-state index contributed by atoms with van der Waals surface area (Å²) in [6.07, 6.45) is 1.27. The van der Waals surface area contributed by atoms with E-state index in [2.05, 4.69) is 15.5 Å². The molecule has 150 valence electrons. The topological polar surface area (TPSA) is 92.3 Å². The van der Waals surface area contributed by atoms with Crippen molar-refractivity contribution in [1.29, 1.82) is 0 Å². The molecular weight excluding hydrogens is 408 g/mol. The molecule has 0 bridgehead atoms. The highest BCUT2D eigenvalue weighted by Gasteiger charge is 2.33. The van der Waals surface area contributed by atoms with E-state index in [1.54, 1.807) is 30.3 Å². The number of amides is 1. The highest BCUT2D eigenvalue weighted by Crippen LogP contribution is 2.28. The fourth-order valence-electron chi connectivity index (χ4n) is 3.29. The van der Waals surface area contributed by atoms with E-state index in [4.69, 9.17) is 0 Å². The van der Waals surface area contributed by atoms with Crippen LogP contribution in [0.4, 0.5) is 5.13 Å². The lowest BCUT2D eigenvalue weighted by molar-refractivity contribution is -0.120. The largest absolute Gasteiger partial charge is 0.300 e. The fourth-order valence-corrected chi connectivity index (χ4v) is 5.59. The molecule has 7 nitrogen and oxygen atoms in total. The van der Waals surface area contributed by atoms with Gasteiger partial charge in [0.2, 0.25) is 21.1 Å². The van der Waals surface area contributed by atoms with Crippen LogP contribution in [0.1, 0.15) is 12.8 Å². The number of hydrogen-bond donors (Lipinski definition) is 1. The van der Waals surface area contributed by atoms with Gasteiger partial charge in [-0.15, -0.1) is 10.2 Å². The maximum atomic E-state index is 12.8. The van der Waals surface area contributed by atoms with Crippen LogP contribution in [0, 0.1) is 5.92 Å². The molecule has 1 saturated heterocycles. The number of carbonyl (C=O) groups excluding carboxylic acids is 1. The summed E-state index contributed by atoms with van der Waals surface area (Å²) in [5.74, 6) is -0.653. The second kappa shape index (κ2) is 8.40. The van der Waals surface area contributed by atoms with Gasteiger partial charge in [0, 0.05) is 18.7 Å². The summed E-state index contributed by atoms with van der Waals surface area (Å²) in [5, 5.41) is 12.1. The SMILES string of the molecule is O=C(Nc1nnc(-c2ccccc2)s1)C1CCCN(S(=O)(=O)c2ccccc2)C1. The first-order valence-electron chi connectivity index (χ1n) is 9.29. The van der Waals surface area contributed by atoms with Crippen molar-refractivity contribution in [3.63, 3.8) is 0 Å². The zero-order chi connectivity index (χ0) is 20.3. The molecule has 4 rings (SSSR count). The van der Waals surface area contributed by atoms with Crippen LogP contribution in [-0.4, -0.2) is 41.9 Å². The van der Waals surface area contributed by atoms with Crippen LogP contribution in [0.3, 0.4) is 0 Å². The van der Waals surface area contributed by atoms with Crippen molar-refractivity contribution in [2.75, 3.05) is 18.4 Å². The predicted molar refractivity (Wildman–Crippen MR) is 112 cm³/mol. The molecule has 29 heavy (non-hydrogen) atoms. The van der Waals surface area contributed by atoms with E-state index < -0.39 is 15.9 Å². The van der Waals surface area contributed by atoms with Gasteiger partial charge in [0.05, 0.1) is 10.8 Å². The first-order chi connectivity index (χ1) is 14.0. The van der Waals surface area contributed by atoms with Crippen molar-refractivity contribution < 1.29 is 13.2 Å². The van der Waals surface area contributed by atoms with Crippen molar-refractivity contribution >= 4 is 32.4 Å². The summed E-state index contributed by atoms with van der Waals surface area (Å²) in [4.78, 5) is 13.0. The van der Waals surface area contributed by atoms with Gasteiger partial charge in [0.15, 0.2) is 0 Å². The van der Waals surface area contributed by atoms with E-state index in [0.29, 0.717) is 24.5 Å². The van der Waals surface area contributed by atoms with E-state index in [1.807, 2.05) is 30.3 Å². The molecule has 1 amide bonds. The van der Waals surface area contributed by atoms with E-state index >= 15 is 0 Å². The molecule has 1 unspecified atom stereocenters. The van der Waals surface area contributed by atoms with Crippen LogP contribution in [-0.2, 0) is 14.8 Å². The monoisotopic (exact) mass is 428 g/mol. The molecule has 0 aliphatic carbocycles. The van der Waals surface area contributed by atoms with Crippen molar-refractivity contribution in [3.05, 3.63) is 60.7 Å². The quantitative estimate of drug-likeness (QED) is 0.673. The van der Waals surface area contributed by atoms with Crippen molar-refractivity contribution in [1.82, 2.24) is 14.5 Å². The normalized spacial score (nSPS) is 17.7. The Morgan fingerprint density at radius 3 is 2.45 bits per heavy atom. The number of sulfonamides is 1. The van der Waals surface area contributed by atoms with Gasteiger partial charge >= 0.3 is 0 Å². The number of carbonyl (C=O) groups is 1. The fraction of sp³-hybridized carbons (Fsp3) is 0.250. The van der Waals surface area contributed by atoms with Gasteiger partial charge in [0.1, 0.15) is 5.01 Å². The van der Waals surface area contributed by atoms with E-state index in [-0.39, 0.29) is 17.3 Å². The smallest absolute Gasteiger partial charge is 0.243 e. The third kappa shape index (κ3) is 4.36. The first-order valence-corrected chi connectivity index (χ1v) is 11.5. The Labute approximate surface area is 173 Å². The standard InChI is InChI=1S/C20H20N4O3S2/c25-18(21-20-23-22-19(28-20)15-8-3-1-4-9-15)16-10-7-13-24(14-16)29(26,27)17-11-5-2-6-12-17/h1-6,8-9,11-12,16H,7,10,13-14H2,(H,21,23,25). The van der Waals surface area contributed by atoms with Gasteiger partial charge in [-0.1, -0.05) is 59.9 Å². The summed E-state index contributed by atoms with van der Waals surface area (Å²) in [7, 11) is -3.61. The summed E-state index contributed by atoms with van der Waals surface area (Å²) >= 11 is 1.30. The average molecular weight is 429 g/mol. The molecule has 1 fully saturated rings. The highest BCUT2D eigenvalue weighted by molar-refractivity contribution is 7.89. The van der Waals surface area contributed by atoms with Crippen LogP contribution in [0.5, 0.6) is 0 Å². The number of aromatic nitrogens is 2. The van der Waals surface area contributed by atoms with Crippen LogP contribution in [0.15, 0.2) is 65.6 Å². The van der Waals surface area contributed by atoms with Crippen molar-refractivity contribution in [2.45, 2.75) is 17.7 Å². The number of nitrogens with zero attached hydrogens (tertiary/aromatic N) is 3. The lowest BCUT2D eigenvalue weighted by atomic mass is 9.99. The molecule has 0 saturated carbocycles. The Hall–Kier alpha value is -2.62. The third-order valence-electron chi connectivity index (χ3n) is 4.81. The summed E-state index contributed by atoms with van der Waals surface area (Å²) in [6, 6.07) is 17.9. The Morgan fingerprint density at radius 1 is 1.03 bits per heavy atom. The highest BCUT2D eigenvalue weighted by atomic mass is 32.2. The molecule has 1 aliphatic heterocycles. The Bertz CT molecular complexity index is 1090. The maximum absolute atomic E-state index is 12.8. The summed E-state index contributed by atoms with van der Waals surface area (Å²) in [6.45, 7) is 0.575. The minimum absolute atomic E-state index is 0.160. The minimum atomic E-state index is -3.61. The molecule has 9 heteroatoms. The first kappa shape index (κ1) is 19.7. The lowest BCUT2D eigenvalue weighted by Gasteiger charge is -2.31. The number of piperidine rings is 1. The van der Waals surface area contributed by atoms with Gasteiger partial charge in [-0.05, 0) is 25.0 Å². The molecule has 2 aromatic carbocycles. The zero-order valence-electron chi connectivity index (χ0n) is 15.6. The van der Waals surface area contributed by atoms with Crippen molar-refractivity contribution in [3.8, 4) is 10.6 Å². The number of rotatable bonds is 5. The number of hydrogen-bond acceptors (Lipinski definition) is 6. The summed E-state index contributed by atoms with van der Waals surface area (Å²) in [5.41, 5.74) is 0.934. The molecular formula is C20H20N4O3S2. The lowest BCUT2D eigenvalue weighted by Crippen LogP contribution is -2.43. The second-order valence-electron chi connectivity index (χ2n) is 6.78. The molecule has 1 aromatic heterocycles. The van der Waals surface area contributed by atoms with Gasteiger partial charge in [-0.25, -0.2) is 8.42 Å². The Kier molecular flexibility index (Phi) is 5.70. The van der Waals surface area contributed by atoms with Gasteiger partial charge in [-0.3, -0.25) is 4.79 Å². The number of nitrogens with one attached hydrogen (secondary N) is 1.